The summed E-state index contributed by atoms with van der Waals surface area (Å²) in [4.78, 5) is 16.3. The van der Waals surface area contributed by atoms with Crippen LogP contribution in [0, 0.1) is 8.61 Å². The van der Waals surface area contributed by atoms with E-state index in [4.69, 9.17) is 0 Å². The molecule has 1 heterocycles. The van der Waals surface area contributed by atoms with Crippen LogP contribution < -0.4 is 5.32 Å². The molecule has 0 spiro atoms. The second-order valence-electron chi connectivity index (χ2n) is 3.21. The Morgan fingerprint density at radius 3 is 2.94 bits per heavy atom. The quantitative estimate of drug-likeness (QED) is 0.508. The van der Waals surface area contributed by atoms with Gasteiger partial charge in [0.05, 0.1) is 0 Å². The van der Waals surface area contributed by atoms with Crippen LogP contribution >= 0.6 is 22.6 Å². The van der Waals surface area contributed by atoms with Crippen LogP contribution in [0.1, 0.15) is 5.56 Å². The maximum absolute atomic E-state index is 10.2. The average molecular weight is 332 g/mol. The normalized spacial score (nSPS) is 11.1. The molecule has 0 fully saturated rings. The second-order valence-corrected chi connectivity index (χ2v) is 4.32. The van der Waals surface area contributed by atoms with E-state index in [9.17, 15) is 4.91 Å². The predicted molar refractivity (Wildman–Crippen MR) is 71.4 cm³/mol. The van der Waals surface area contributed by atoms with Crippen LogP contribution in [0.5, 0.6) is 0 Å². The first-order valence-electron chi connectivity index (χ1n) is 4.69. The van der Waals surface area contributed by atoms with Gasteiger partial charge in [0.1, 0.15) is 15.7 Å². The van der Waals surface area contributed by atoms with E-state index >= 15 is 0 Å². The van der Waals surface area contributed by atoms with Gasteiger partial charge in [-0.05, 0) is 39.4 Å². The van der Waals surface area contributed by atoms with Crippen LogP contribution in [-0.2, 0) is 6.54 Å². The molecule has 86 valence electrons. The zero-order chi connectivity index (χ0) is 12.0. The van der Waals surface area contributed by atoms with Gasteiger partial charge < -0.3 is 10.2 Å². The third-order valence-corrected chi connectivity index (χ3v) is 2.69. The molecule has 1 aromatic rings. The van der Waals surface area contributed by atoms with Gasteiger partial charge in [-0.25, -0.2) is 4.98 Å². The number of halogens is 1. The molecule has 5 nitrogen and oxygen atoms in total. The Balaban J connectivity index is 2.69. The van der Waals surface area contributed by atoms with Gasteiger partial charge in [0.25, 0.3) is 0 Å². The molecule has 0 atom stereocenters. The lowest BCUT2D eigenvalue weighted by atomic mass is 10.3. The molecule has 1 rings (SSSR count). The highest BCUT2D eigenvalue weighted by atomic mass is 127. The Labute approximate surface area is 108 Å². The van der Waals surface area contributed by atoms with Gasteiger partial charge in [-0.3, -0.25) is 0 Å². The van der Waals surface area contributed by atoms with Gasteiger partial charge in [-0.2, -0.15) is 0 Å². The third-order valence-electron chi connectivity index (χ3n) is 2.05. The molecular formula is C10H13IN4O. The molecule has 0 radical (unpaired) electrons. The molecule has 0 aliphatic carbocycles. The molecule has 1 N–H and O–H groups in total. The summed E-state index contributed by atoms with van der Waals surface area (Å²) in [5.41, 5.74) is 1.08. The van der Waals surface area contributed by atoms with E-state index in [0.29, 0.717) is 12.4 Å². The van der Waals surface area contributed by atoms with Crippen molar-refractivity contribution in [3.05, 3.63) is 44.5 Å². The number of aromatic nitrogens is 1. The number of hydrogen-bond acceptors (Lipinski definition) is 5. The van der Waals surface area contributed by atoms with Crippen molar-refractivity contribution >= 4 is 22.6 Å². The zero-order valence-corrected chi connectivity index (χ0v) is 11.3. The van der Waals surface area contributed by atoms with E-state index in [1.54, 1.807) is 7.05 Å². The van der Waals surface area contributed by atoms with Crippen molar-refractivity contribution in [1.82, 2.24) is 15.2 Å². The fraction of sp³-hybridized carbons (Fsp3) is 0.300. The van der Waals surface area contributed by atoms with Crippen LogP contribution in [0.25, 0.3) is 0 Å². The summed E-state index contributed by atoms with van der Waals surface area (Å²) >= 11 is 2.16. The first-order valence-corrected chi connectivity index (χ1v) is 5.77. The Morgan fingerprint density at radius 1 is 1.69 bits per heavy atom. The summed E-state index contributed by atoms with van der Waals surface area (Å²) in [7, 11) is 3.63. The lowest BCUT2D eigenvalue weighted by Gasteiger charge is -2.21. The van der Waals surface area contributed by atoms with E-state index in [1.807, 2.05) is 30.3 Å². The molecule has 0 amide bonds. The smallest absolute Gasteiger partial charge is 0.124 e. The van der Waals surface area contributed by atoms with Gasteiger partial charge >= 0.3 is 0 Å². The number of nitrogens with zero attached hydrogens (tertiary/aromatic N) is 3. The van der Waals surface area contributed by atoms with Crippen molar-refractivity contribution in [2.45, 2.75) is 6.54 Å². The van der Waals surface area contributed by atoms with Crippen molar-refractivity contribution in [2.24, 2.45) is 5.18 Å². The van der Waals surface area contributed by atoms with Gasteiger partial charge in [0, 0.05) is 26.8 Å². The Bertz CT molecular complexity index is 377. The molecule has 0 saturated carbocycles. The summed E-state index contributed by atoms with van der Waals surface area (Å²) in [5, 5.41) is 5.66. The fourth-order valence-corrected chi connectivity index (χ4v) is 1.58. The maximum Gasteiger partial charge on any atom is 0.124 e. The summed E-state index contributed by atoms with van der Waals surface area (Å²) in [6, 6.07) is 3.96. The highest BCUT2D eigenvalue weighted by Crippen LogP contribution is 2.08. The van der Waals surface area contributed by atoms with E-state index in [1.165, 1.54) is 6.20 Å². The SMILES string of the molecule is CN/C(=C\N=O)N(C)Cc1ccc(I)nc1. The van der Waals surface area contributed by atoms with Crippen LogP contribution in [0.3, 0.4) is 0 Å². The van der Waals surface area contributed by atoms with Gasteiger partial charge in [0.2, 0.25) is 0 Å². The zero-order valence-electron chi connectivity index (χ0n) is 9.14. The molecule has 0 aliphatic rings. The lowest BCUT2D eigenvalue weighted by Crippen LogP contribution is -2.25. The summed E-state index contributed by atoms with van der Waals surface area (Å²) in [6.07, 6.45) is 3.07. The van der Waals surface area contributed by atoms with E-state index in [-0.39, 0.29) is 0 Å². The van der Waals surface area contributed by atoms with Crippen molar-refractivity contribution in [3.8, 4) is 0 Å². The number of hydrogen-bond donors (Lipinski definition) is 1. The van der Waals surface area contributed by atoms with Gasteiger partial charge in [-0.15, -0.1) is 4.91 Å². The minimum absolute atomic E-state index is 0.673. The number of nitrogens with one attached hydrogen (secondary N) is 1. The molecule has 1 aromatic heterocycles. The van der Waals surface area contributed by atoms with Crippen LogP contribution in [-0.4, -0.2) is 24.0 Å². The largest absolute Gasteiger partial charge is 0.373 e. The van der Waals surface area contributed by atoms with Crippen LogP contribution in [0.4, 0.5) is 0 Å². The molecule has 6 heteroatoms. The molecule has 16 heavy (non-hydrogen) atoms. The number of rotatable bonds is 5. The fourth-order valence-electron chi connectivity index (χ4n) is 1.26. The van der Waals surface area contributed by atoms with E-state index in [2.05, 4.69) is 38.1 Å². The first-order chi connectivity index (χ1) is 7.67. The van der Waals surface area contributed by atoms with Crippen molar-refractivity contribution < 1.29 is 0 Å². The van der Waals surface area contributed by atoms with Crippen LogP contribution in [0.15, 0.2) is 35.5 Å². The van der Waals surface area contributed by atoms with E-state index in [0.717, 1.165) is 9.26 Å². The summed E-state index contributed by atoms with van der Waals surface area (Å²) < 4.78 is 0.961. The third kappa shape index (κ3) is 3.76. The molecule has 0 aliphatic heterocycles. The monoisotopic (exact) mass is 332 g/mol. The highest BCUT2D eigenvalue weighted by Gasteiger charge is 2.04. The topological polar surface area (TPSA) is 57.6 Å². The van der Waals surface area contributed by atoms with Gasteiger partial charge in [0.15, 0.2) is 0 Å². The number of nitroso groups, excluding NO2 is 1. The molecule has 0 unspecified atom stereocenters. The average Bonchev–Trinajstić information content (AvgIpc) is 2.29. The standard InChI is InChI=1S/C10H13IN4O/c1-12-10(6-14-16)15(2)7-8-3-4-9(11)13-5-8/h3-6,12H,7H2,1-2H3/b10-6+. The Kier molecular flexibility index (Phi) is 5.17. The van der Waals surface area contributed by atoms with Crippen molar-refractivity contribution in [3.63, 3.8) is 0 Å². The highest BCUT2D eigenvalue weighted by molar-refractivity contribution is 14.1. The minimum atomic E-state index is 0.673. The van der Waals surface area contributed by atoms with Crippen molar-refractivity contribution in [1.29, 1.82) is 0 Å². The van der Waals surface area contributed by atoms with E-state index < -0.39 is 0 Å². The predicted octanol–water partition coefficient (Wildman–Crippen LogP) is 1.90. The van der Waals surface area contributed by atoms with Gasteiger partial charge in [-0.1, -0.05) is 6.07 Å². The lowest BCUT2D eigenvalue weighted by molar-refractivity contribution is 0.384. The molecule has 0 bridgehead atoms. The van der Waals surface area contributed by atoms with Crippen LogP contribution in [0.2, 0.25) is 0 Å². The summed E-state index contributed by atoms with van der Waals surface area (Å²) in [5.74, 6) is 0.675. The first kappa shape index (κ1) is 12.9. The molecule has 0 saturated heterocycles. The van der Waals surface area contributed by atoms with Crippen molar-refractivity contribution in [2.75, 3.05) is 14.1 Å². The minimum Gasteiger partial charge on any atom is -0.373 e. The Hall–Kier alpha value is -1.18. The molecule has 0 aromatic carbocycles. The number of pyridine rings is 1. The molecular weight excluding hydrogens is 319 g/mol. The Morgan fingerprint density at radius 2 is 2.44 bits per heavy atom. The summed E-state index contributed by atoms with van der Waals surface area (Å²) in [6.45, 7) is 0.673. The maximum atomic E-state index is 10.2. The second kappa shape index (κ2) is 6.41.